The summed E-state index contributed by atoms with van der Waals surface area (Å²) in [5, 5.41) is 11.8. The summed E-state index contributed by atoms with van der Waals surface area (Å²) in [7, 11) is 0. The molecule has 8 nitrogen and oxygen atoms in total. The number of nitrogens with one attached hydrogen (secondary N) is 1. The molecule has 2 aromatic rings. The second-order valence-electron chi connectivity index (χ2n) is 6.15. The molecule has 0 aliphatic carbocycles. The number of amides is 2. The van der Waals surface area contributed by atoms with Crippen molar-refractivity contribution in [2.45, 2.75) is 38.0 Å². The molecule has 0 aliphatic rings. The van der Waals surface area contributed by atoms with Crippen LogP contribution in [0.15, 0.2) is 28.5 Å². The van der Waals surface area contributed by atoms with Gasteiger partial charge in [0.05, 0.1) is 11.5 Å². The van der Waals surface area contributed by atoms with E-state index >= 15 is 0 Å². The molecule has 2 amide bonds. The van der Waals surface area contributed by atoms with Crippen molar-refractivity contribution in [3.8, 4) is 0 Å². The Hall–Kier alpha value is -2.20. The molecular weight excluding hydrogens is 396 g/mol. The van der Waals surface area contributed by atoms with E-state index in [-0.39, 0.29) is 23.3 Å². The summed E-state index contributed by atoms with van der Waals surface area (Å²) in [5.74, 6) is 6.29. The second kappa shape index (κ2) is 10.4. The number of benzene rings is 1. The lowest BCUT2D eigenvalue weighted by molar-refractivity contribution is -0.128. The fourth-order valence-electron chi connectivity index (χ4n) is 2.44. The Kier molecular flexibility index (Phi) is 8.18. The van der Waals surface area contributed by atoms with Crippen LogP contribution in [0.4, 0.5) is 5.69 Å². The minimum absolute atomic E-state index is 0.0279. The average Bonchev–Trinajstić information content (AvgIpc) is 3.02. The zero-order valence-electron chi connectivity index (χ0n) is 16.6. The highest BCUT2D eigenvalue weighted by Crippen LogP contribution is 2.22. The number of hydrogen-bond donors (Lipinski definition) is 2. The second-order valence-corrected chi connectivity index (χ2v) is 8.03. The first kappa shape index (κ1) is 22.1. The molecule has 0 bridgehead atoms. The van der Waals surface area contributed by atoms with E-state index < -0.39 is 0 Å². The lowest BCUT2D eigenvalue weighted by atomic mass is 10.1. The fraction of sp³-hybridized carbons (Fsp3) is 0.444. The molecule has 1 heterocycles. The van der Waals surface area contributed by atoms with E-state index in [2.05, 4.69) is 15.5 Å². The summed E-state index contributed by atoms with van der Waals surface area (Å²) in [5.41, 5.74) is 2.88. The van der Waals surface area contributed by atoms with Crippen molar-refractivity contribution < 1.29 is 9.59 Å². The van der Waals surface area contributed by atoms with E-state index in [1.165, 1.54) is 28.2 Å². The summed E-state index contributed by atoms with van der Waals surface area (Å²) in [6.45, 7) is 9.14. The normalized spacial score (nSPS) is 10.7. The molecule has 0 saturated carbocycles. The molecule has 0 unspecified atom stereocenters. The molecule has 1 aromatic carbocycles. The Morgan fingerprint density at radius 3 is 2.32 bits per heavy atom. The van der Waals surface area contributed by atoms with Crippen LogP contribution in [0.1, 0.15) is 25.0 Å². The van der Waals surface area contributed by atoms with Crippen molar-refractivity contribution in [2.75, 3.05) is 35.8 Å². The smallest absolute Gasteiger partial charge is 0.234 e. The van der Waals surface area contributed by atoms with E-state index in [1.54, 1.807) is 4.90 Å². The van der Waals surface area contributed by atoms with E-state index in [4.69, 9.17) is 5.84 Å². The number of thioether (sulfide) groups is 2. The van der Waals surface area contributed by atoms with Crippen molar-refractivity contribution in [3.63, 3.8) is 0 Å². The quantitative estimate of drug-likeness (QED) is 0.472. The van der Waals surface area contributed by atoms with Crippen LogP contribution >= 0.6 is 23.5 Å². The first-order valence-electron chi connectivity index (χ1n) is 8.96. The summed E-state index contributed by atoms with van der Waals surface area (Å²) in [4.78, 5) is 26.1. The van der Waals surface area contributed by atoms with Crippen LogP contribution in [0, 0.1) is 13.8 Å². The number of hydrogen-bond acceptors (Lipinski definition) is 7. The van der Waals surface area contributed by atoms with Gasteiger partial charge in [0.2, 0.25) is 22.1 Å². The third kappa shape index (κ3) is 5.90. The molecule has 28 heavy (non-hydrogen) atoms. The number of carbonyl (C=O) groups excluding carboxylic acids is 2. The van der Waals surface area contributed by atoms with Crippen LogP contribution in [0.3, 0.4) is 0 Å². The van der Waals surface area contributed by atoms with E-state index in [0.717, 1.165) is 16.8 Å². The number of carbonyl (C=O) groups is 2. The number of aryl methyl sites for hydroxylation is 2. The number of nitrogens with zero attached hydrogens (tertiary/aromatic N) is 4. The molecule has 3 N–H and O–H groups in total. The Labute approximate surface area is 173 Å². The molecule has 0 saturated heterocycles. The molecule has 1 aromatic heterocycles. The number of aromatic nitrogens is 3. The lowest BCUT2D eigenvalue weighted by Crippen LogP contribution is -2.32. The standard InChI is InChI=1S/C18H26N6O2S2/c1-5-23(6-2)16(26)11-28-18-22-21-17(24(18)19)27-10-15(25)20-14-9-12(3)7-8-13(14)4/h7-9H,5-6,10-11,19H2,1-4H3,(H,20,25). The lowest BCUT2D eigenvalue weighted by Gasteiger charge is -2.17. The van der Waals surface area contributed by atoms with Crippen molar-refractivity contribution in [2.24, 2.45) is 0 Å². The van der Waals surface area contributed by atoms with Crippen LogP contribution in [0.25, 0.3) is 0 Å². The zero-order chi connectivity index (χ0) is 20.7. The van der Waals surface area contributed by atoms with Gasteiger partial charge in [-0.25, -0.2) is 4.68 Å². The van der Waals surface area contributed by atoms with Crippen molar-refractivity contribution in [3.05, 3.63) is 29.3 Å². The van der Waals surface area contributed by atoms with Crippen LogP contribution < -0.4 is 11.2 Å². The predicted molar refractivity (Wildman–Crippen MR) is 114 cm³/mol. The van der Waals surface area contributed by atoms with Crippen molar-refractivity contribution >= 4 is 41.0 Å². The highest BCUT2D eigenvalue weighted by molar-refractivity contribution is 8.00. The molecule has 0 spiro atoms. The van der Waals surface area contributed by atoms with Gasteiger partial charge in [-0.3, -0.25) is 9.59 Å². The predicted octanol–water partition coefficient (Wildman–Crippen LogP) is 2.30. The minimum atomic E-state index is -0.146. The highest BCUT2D eigenvalue weighted by atomic mass is 32.2. The Morgan fingerprint density at radius 1 is 1.11 bits per heavy atom. The largest absolute Gasteiger partial charge is 0.343 e. The van der Waals surface area contributed by atoms with E-state index in [1.807, 2.05) is 45.9 Å². The summed E-state index contributed by atoms with van der Waals surface area (Å²) in [6, 6.07) is 5.91. The van der Waals surface area contributed by atoms with Gasteiger partial charge >= 0.3 is 0 Å². The summed E-state index contributed by atoms with van der Waals surface area (Å²) in [6.07, 6.45) is 0. The first-order chi connectivity index (χ1) is 13.3. The van der Waals surface area contributed by atoms with Gasteiger partial charge in [0.15, 0.2) is 0 Å². The molecular formula is C18H26N6O2S2. The van der Waals surface area contributed by atoms with Gasteiger partial charge in [0.25, 0.3) is 0 Å². The molecule has 0 aliphatic heterocycles. The minimum Gasteiger partial charge on any atom is -0.343 e. The number of anilines is 1. The Morgan fingerprint density at radius 2 is 1.71 bits per heavy atom. The van der Waals surface area contributed by atoms with Crippen molar-refractivity contribution in [1.29, 1.82) is 0 Å². The first-order valence-corrected chi connectivity index (χ1v) is 10.9. The Balaban J connectivity index is 1.89. The maximum atomic E-state index is 12.2. The molecule has 152 valence electrons. The van der Waals surface area contributed by atoms with Gasteiger partial charge in [0, 0.05) is 18.8 Å². The van der Waals surface area contributed by atoms with Gasteiger partial charge in [0.1, 0.15) is 0 Å². The van der Waals surface area contributed by atoms with Gasteiger partial charge < -0.3 is 16.1 Å². The third-order valence-corrected chi connectivity index (χ3v) is 5.94. The van der Waals surface area contributed by atoms with Gasteiger partial charge in [-0.2, -0.15) is 0 Å². The monoisotopic (exact) mass is 422 g/mol. The fourth-order valence-corrected chi connectivity index (χ4v) is 3.91. The van der Waals surface area contributed by atoms with Gasteiger partial charge in [-0.05, 0) is 44.9 Å². The maximum Gasteiger partial charge on any atom is 0.234 e. The molecule has 10 heteroatoms. The highest BCUT2D eigenvalue weighted by Gasteiger charge is 2.16. The average molecular weight is 423 g/mol. The maximum absolute atomic E-state index is 12.2. The molecule has 0 fully saturated rings. The van der Waals surface area contributed by atoms with Crippen LogP contribution in [-0.2, 0) is 9.59 Å². The Bertz CT molecular complexity index is 835. The van der Waals surface area contributed by atoms with Gasteiger partial charge in [-0.15, -0.1) is 10.2 Å². The summed E-state index contributed by atoms with van der Waals surface area (Å²) >= 11 is 2.43. The number of nitrogens with two attached hydrogens (primary N) is 1. The topological polar surface area (TPSA) is 106 Å². The molecule has 2 rings (SSSR count). The van der Waals surface area contributed by atoms with Crippen LogP contribution in [-0.4, -0.2) is 56.2 Å². The van der Waals surface area contributed by atoms with E-state index in [9.17, 15) is 9.59 Å². The summed E-state index contributed by atoms with van der Waals surface area (Å²) < 4.78 is 1.32. The SMILES string of the molecule is CCN(CC)C(=O)CSc1nnc(SCC(=O)Nc2cc(C)ccc2C)n1N. The molecule has 0 radical (unpaired) electrons. The third-order valence-electron chi connectivity index (χ3n) is 4.07. The molecule has 0 atom stereocenters. The van der Waals surface area contributed by atoms with Gasteiger partial charge in [-0.1, -0.05) is 35.7 Å². The van der Waals surface area contributed by atoms with E-state index in [0.29, 0.717) is 23.4 Å². The van der Waals surface area contributed by atoms with Crippen molar-refractivity contribution in [1.82, 2.24) is 19.8 Å². The number of rotatable bonds is 9. The zero-order valence-corrected chi connectivity index (χ0v) is 18.2. The van der Waals surface area contributed by atoms with Crippen LogP contribution in [0.2, 0.25) is 0 Å². The van der Waals surface area contributed by atoms with Crippen LogP contribution in [0.5, 0.6) is 0 Å². The number of nitrogen functional groups attached to an aromatic ring is 1.